The van der Waals surface area contributed by atoms with Crippen molar-refractivity contribution in [2.75, 3.05) is 24.3 Å². The number of ether oxygens (including phenoxy) is 1. The van der Waals surface area contributed by atoms with Crippen LogP contribution in [0.15, 0.2) is 36.4 Å². The van der Waals surface area contributed by atoms with E-state index in [9.17, 15) is 14.7 Å². The molecule has 0 aliphatic carbocycles. The van der Waals surface area contributed by atoms with Crippen LogP contribution in [-0.4, -0.2) is 38.2 Å². The van der Waals surface area contributed by atoms with Crippen molar-refractivity contribution in [1.82, 2.24) is 0 Å². The maximum absolute atomic E-state index is 12.4. The molecule has 6 nitrogen and oxygen atoms in total. The van der Waals surface area contributed by atoms with E-state index in [4.69, 9.17) is 4.74 Å². The van der Waals surface area contributed by atoms with Gasteiger partial charge in [0.05, 0.1) is 18.1 Å². The molecule has 0 saturated carbocycles. The van der Waals surface area contributed by atoms with Gasteiger partial charge in [-0.1, -0.05) is 12.2 Å². The third-order valence-corrected chi connectivity index (χ3v) is 4.13. The molecule has 2 bridgehead atoms. The van der Waals surface area contributed by atoms with E-state index in [0.717, 1.165) is 5.69 Å². The molecule has 116 valence electrons. The van der Waals surface area contributed by atoms with Gasteiger partial charge >= 0.3 is 0 Å². The van der Waals surface area contributed by atoms with Crippen molar-refractivity contribution in [1.29, 1.82) is 0 Å². The first kappa shape index (κ1) is 14.6. The average Bonchev–Trinajstić information content (AvgIpc) is 3.08. The molecule has 3 rings (SSSR count). The van der Waals surface area contributed by atoms with Gasteiger partial charge in [-0.15, -0.1) is 0 Å². The lowest BCUT2D eigenvalue weighted by atomic mass is 9.82. The highest BCUT2D eigenvalue weighted by atomic mass is 16.5. The summed E-state index contributed by atoms with van der Waals surface area (Å²) in [4.78, 5) is 25.6. The molecule has 1 N–H and O–H groups in total. The number of carbonyl (C=O) groups is 2. The maximum atomic E-state index is 12.4. The highest BCUT2D eigenvalue weighted by Gasteiger charge is 2.50. The minimum Gasteiger partial charge on any atom is -0.550 e. The van der Waals surface area contributed by atoms with Crippen molar-refractivity contribution in [2.24, 2.45) is 11.8 Å². The van der Waals surface area contributed by atoms with Gasteiger partial charge in [0, 0.05) is 37.4 Å². The minimum atomic E-state index is -1.25. The fourth-order valence-corrected chi connectivity index (χ4v) is 2.97. The second-order valence-electron chi connectivity index (χ2n) is 5.75. The molecule has 0 unspecified atom stereocenters. The van der Waals surface area contributed by atoms with Gasteiger partial charge < -0.3 is 24.9 Å². The van der Waals surface area contributed by atoms with Crippen molar-refractivity contribution in [3.63, 3.8) is 0 Å². The van der Waals surface area contributed by atoms with E-state index >= 15 is 0 Å². The lowest BCUT2D eigenvalue weighted by molar-refractivity contribution is -0.313. The number of rotatable bonds is 4. The summed E-state index contributed by atoms with van der Waals surface area (Å²) in [6.07, 6.45) is 2.36. The number of anilines is 2. The second-order valence-corrected chi connectivity index (χ2v) is 5.75. The number of carbonyl (C=O) groups excluding carboxylic acids is 2. The Morgan fingerprint density at radius 2 is 1.68 bits per heavy atom. The zero-order valence-electron chi connectivity index (χ0n) is 12.4. The predicted molar refractivity (Wildman–Crippen MR) is 79.2 cm³/mol. The Labute approximate surface area is 128 Å². The molecule has 1 fully saturated rings. The Morgan fingerprint density at radius 1 is 1.09 bits per heavy atom. The number of nitrogens with one attached hydrogen (secondary N) is 1. The maximum Gasteiger partial charge on any atom is 0.231 e. The zero-order chi connectivity index (χ0) is 15.9. The van der Waals surface area contributed by atoms with E-state index in [1.54, 1.807) is 24.3 Å². The van der Waals surface area contributed by atoms with Crippen LogP contribution in [0, 0.1) is 11.8 Å². The van der Waals surface area contributed by atoms with Gasteiger partial charge in [0.1, 0.15) is 0 Å². The minimum absolute atomic E-state index is 0.358. The zero-order valence-corrected chi connectivity index (χ0v) is 12.4. The number of benzene rings is 1. The lowest BCUT2D eigenvalue weighted by Gasteiger charge is -2.25. The first-order chi connectivity index (χ1) is 10.5. The van der Waals surface area contributed by atoms with E-state index in [1.165, 1.54) is 0 Å². The first-order valence-electron chi connectivity index (χ1n) is 7.10. The summed E-state index contributed by atoms with van der Waals surface area (Å²) in [5.41, 5.74) is 1.64. The summed E-state index contributed by atoms with van der Waals surface area (Å²) in [7, 11) is 3.86. The van der Waals surface area contributed by atoms with Gasteiger partial charge in [0.2, 0.25) is 5.91 Å². The van der Waals surface area contributed by atoms with Crippen LogP contribution >= 0.6 is 0 Å². The molecule has 0 spiro atoms. The first-order valence-corrected chi connectivity index (χ1v) is 7.10. The summed E-state index contributed by atoms with van der Waals surface area (Å²) >= 11 is 0. The number of carboxylic acids is 1. The molecule has 0 aromatic heterocycles. The van der Waals surface area contributed by atoms with Crippen LogP contribution in [-0.2, 0) is 14.3 Å². The van der Waals surface area contributed by atoms with Gasteiger partial charge in [0.25, 0.3) is 0 Å². The molecule has 2 aliphatic heterocycles. The normalized spacial score (nSPS) is 28.6. The Hall–Kier alpha value is -2.34. The van der Waals surface area contributed by atoms with Gasteiger partial charge in [-0.25, -0.2) is 0 Å². The molecular formula is C16H17N2O4-. The van der Waals surface area contributed by atoms with Gasteiger partial charge in [-0.3, -0.25) is 4.79 Å². The quantitative estimate of drug-likeness (QED) is 0.792. The van der Waals surface area contributed by atoms with Crippen molar-refractivity contribution in [3.8, 4) is 0 Å². The van der Waals surface area contributed by atoms with Crippen molar-refractivity contribution in [3.05, 3.63) is 36.4 Å². The molecule has 2 heterocycles. The third kappa shape index (κ3) is 2.46. The van der Waals surface area contributed by atoms with E-state index in [0.29, 0.717) is 5.69 Å². The second kappa shape index (κ2) is 5.46. The molecular weight excluding hydrogens is 284 g/mol. The third-order valence-electron chi connectivity index (χ3n) is 4.13. The summed E-state index contributed by atoms with van der Waals surface area (Å²) in [5, 5.41) is 14.0. The van der Waals surface area contributed by atoms with Gasteiger partial charge in [-0.05, 0) is 24.3 Å². The van der Waals surface area contributed by atoms with E-state index < -0.39 is 30.0 Å². The number of amides is 1. The number of hydrogen-bond donors (Lipinski definition) is 1. The largest absolute Gasteiger partial charge is 0.550 e. The molecule has 22 heavy (non-hydrogen) atoms. The number of nitrogens with zero attached hydrogens (tertiary/aromatic N) is 1. The topological polar surface area (TPSA) is 81.7 Å². The van der Waals surface area contributed by atoms with E-state index in [1.807, 2.05) is 31.1 Å². The van der Waals surface area contributed by atoms with Crippen LogP contribution in [0.4, 0.5) is 11.4 Å². The summed E-state index contributed by atoms with van der Waals surface area (Å²) in [5.74, 6) is -3.30. The summed E-state index contributed by atoms with van der Waals surface area (Å²) in [6.45, 7) is 0. The SMILES string of the molecule is CN(C)c1ccc(NC(=O)[C@H]2[C@@H](C(=O)[O-])[C@H]3C=C[C@@H]2O3)cc1. The van der Waals surface area contributed by atoms with Gasteiger partial charge in [0.15, 0.2) is 0 Å². The average molecular weight is 301 g/mol. The molecule has 1 amide bonds. The fraction of sp³-hybridized carbons (Fsp3) is 0.375. The van der Waals surface area contributed by atoms with Crippen LogP contribution < -0.4 is 15.3 Å². The molecule has 1 aromatic carbocycles. The summed E-state index contributed by atoms with van der Waals surface area (Å²) < 4.78 is 5.47. The number of hydrogen-bond acceptors (Lipinski definition) is 5. The molecule has 1 saturated heterocycles. The predicted octanol–water partition coefficient (Wildman–Crippen LogP) is 0.0106. The molecule has 6 heteroatoms. The highest BCUT2D eigenvalue weighted by molar-refractivity contribution is 5.96. The van der Waals surface area contributed by atoms with Crippen molar-refractivity contribution in [2.45, 2.75) is 12.2 Å². The monoisotopic (exact) mass is 301 g/mol. The smallest absolute Gasteiger partial charge is 0.231 e. The van der Waals surface area contributed by atoms with Crippen LogP contribution in [0.3, 0.4) is 0 Å². The number of fused-ring (bicyclic) bond motifs is 2. The van der Waals surface area contributed by atoms with Crippen molar-refractivity contribution >= 4 is 23.3 Å². The standard InChI is InChI=1S/C16H18N2O4/c1-18(2)10-5-3-9(4-6-10)17-15(19)13-11-7-8-12(22-11)14(13)16(20)21/h3-8,11-14H,1-2H3,(H,17,19)(H,20,21)/p-1/t11-,12+,13+,14-/m0/s1. The Kier molecular flexibility index (Phi) is 3.62. The molecule has 0 radical (unpaired) electrons. The summed E-state index contributed by atoms with van der Waals surface area (Å²) in [6, 6.07) is 7.32. The fourth-order valence-electron chi connectivity index (χ4n) is 2.97. The van der Waals surface area contributed by atoms with E-state index in [2.05, 4.69) is 5.32 Å². The van der Waals surface area contributed by atoms with Crippen LogP contribution in [0.2, 0.25) is 0 Å². The van der Waals surface area contributed by atoms with Crippen LogP contribution in [0.5, 0.6) is 0 Å². The van der Waals surface area contributed by atoms with Crippen LogP contribution in [0.1, 0.15) is 0 Å². The molecule has 2 aliphatic rings. The number of carboxylic acid groups (broad SMARTS) is 1. The molecule has 4 atom stereocenters. The van der Waals surface area contributed by atoms with E-state index in [-0.39, 0.29) is 5.91 Å². The van der Waals surface area contributed by atoms with Gasteiger partial charge in [-0.2, -0.15) is 0 Å². The lowest BCUT2D eigenvalue weighted by Crippen LogP contribution is -2.45. The Balaban J connectivity index is 1.74. The number of aliphatic carboxylic acids is 1. The Bertz CT molecular complexity index is 624. The molecule has 1 aromatic rings. The van der Waals surface area contributed by atoms with Crippen molar-refractivity contribution < 1.29 is 19.4 Å². The Morgan fingerprint density at radius 3 is 2.23 bits per heavy atom. The van der Waals surface area contributed by atoms with Crippen LogP contribution in [0.25, 0.3) is 0 Å². The highest BCUT2D eigenvalue weighted by Crippen LogP contribution is 2.39.